The van der Waals surface area contributed by atoms with Gasteiger partial charge in [-0.2, -0.15) is 5.10 Å². The molecule has 1 N–H and O–H groups in total. The largest absolute Gasteiger partial charge is 0.467 e. The van der Waals surface area contributed by atoms with Crippen molar-refractivity contribution in [1.29, 1.82) is 0 Å². The van der Waals surface area contributed by atoms with Crippen LogP contribution in [0.3, 0.4) is 0 Å². The van der Waals surface area contributed by atoms with Crippen molar-refractivity contribution in [3.63, 3.8) is 0 Å². The number of carbonyl (C=O) groups excluding carboxylic acids is 3. The van der Waals surface area contributed by atoms with Gasteiger partial charge in [0, 0.05) is 11.6 Å². The second-order valence-corrected chi connectivity index (χ2v) is 8.36. The average Bonchev–Trinajstić information content (AvgIpc) is 3.55. The number of hydrogen-bond donors (Lipinski definition) is 1. The smallest absolute Gasteiger partial charge is 0.261 e. The molecule has 0 fully saturated rings. The number of hydrogen-bond acceptors (Lipinski definition) is 5. The summed E-state index contributed by atoms with van der Waals surface area (Å²) in [6.07, 6.45) is 3.02. The summed E-state index contributed by atoms with van der Waals surface area (Å²) < 4.78 is 6.82. The van der Waals surface area contributed by atoms with Crippen molar-refractivity contribution >= 4 is 46.7 Å². The molecule has 34 heavy (non-hydrogen) atoms. The summed E-state index contributed by atoms with van der Waals surface area (Å²) in [6.45, 7) is 0.313. The lowest BCUT2D eigenvalue weighted by molar-refractivity contribution is 0.0631. The van der Waals surface area contributed by atoms with Crippen molar-refractivity contribution in [2.45, 2.75) is 13.1 Å². The molecule has 1 aliphatic rings. The van der Waals surface area contributed by atoms with Gasteiger partial charge in [-0.15, -0.1) is 0 Å². The Hall–Kier alpha value is -3.88. The molecule has 10 heteroatoms. The number of amides is 3. The molecule has 0 radical (unpaired) electrons. The van der Waals surface area contributed by atoms with E-state index in [1.807, 2.05) is 6.07 Å². The molecule has 3 amide bonds. The van der Waals surface area contributed by atoms with Crippen molar-refractivity contribution in [3.8, 4) is 0 Å². The molecule has 0 spiro atoms. The lowest BCUT2D eigenvalue weighted by Gasteiger charge is -2.11. The van der Waals surface area contributed by atoms with Crippen LogP contribution < -0.4 is 5.32 Å². The number of aromatic nitrogens is 2. The van der Waals surface area contributed by atoms with Crippen LogP contribution in [0.2, 0.25) is 10.0 Å². The van der Waals surface area contributed by atoms with E-state index < -0.39 is 17.7 Å². The number of anilines is 1. The van der Waals surface area contributed by atoms with E-state index in [0.29, 0.717) is 28.2 Å². The first-order valence-electron chi connectivity index (χ1n) is 10.2. The highest BCUT2D eigenvalue weighted by Crippen LogP contribution is 2.28. The molecular formula is C24H16Cl2N4O4. The summed E-state index contributed by atoms with van der Waals surface area (Å²) in [4.78, 5) is 39.5. The number of benzene rings is 2. The molecule has 0 unspecified atom stereocenters. The fourth-order valence-electron chi connectivity index (χ4n) is 3.72. The highest BCUT2D eigenvalue weighted by Gasteiger charge is 2.36. The molecule has 0 atom stereocenters. The van der Waals surface area contributed by atoms with Crippen LogP contribution in [0.4, 0.5) is 5.82 Å². The minimum atomic E-state index is -0.480. The third-order valence-electron chi connectivity index (χ3n) is 5.44. The normalized spacial score (nSPS) is 12.8. The van der Waals surface area contributed by atoms with E-state index in [-0.39, 0.29) is 23.2 Å². The van der Waals surface area contributed by atoms with Crippen LogP contribution >= 0.6 is 23.2 Å². The zero-order valence-electron chi connectivity index (χ0n) is 17.5. The summed E-state index contributed by atoms with van der Waals surface area (Å²) in [5.41, 5.74) is 1.39. The summed E-state index contributed by atoms with van der Waals surface area (Å²) in [5, 5.41) is 7.87. The predicted molar refractivity (Wildman–Crippen MR) is 125 cm³/mol. The molecule has 4 aromatic rings. The molecule has 2 aromatic heterocycles. The molecule has 3 heterocycles. The van der Waals surface area contributed by atoms with Gasteiger partial charge in [-0.1, -0.05) is 35.3 Å². The van der Waals surface area contributed by atoms with Gasteiger partial charge in [0.2, 0.25) is 0 Å². The van der Waals surface area contributed by atoms with Crippen LogP contribution in [-0.4, -0.2) is 32.4 Å². The van der Waals surface area contributed by atoms with Crippen molar-refractivity contribution in [1.82, 2.24) is 14.7 Å². The van der Waals surface area contributed by atoms with E-state index in [1.165, 1.54) is 24.5 Å². The first kappa shape index (κ1) is 21.9. The molecule has 8 nitrogen and oxygen atoms in total. The zero-order chi connectivity index (χ0) is 23.8. The number of furan rings is 1. The Balaban J connectivity index is 1.35. The Labute approximate surface area is 203 Å². The van der Waals surface area contributed by atoms with Gasteiger partial charge >= 0.3 is 0 Å². The summed E-state index contributed by atoms with van der Waals surface area (Å²) in [6, 6.07) is 14.7. The van der Waals surface area contributed by atoms with Gasteiger partial charge in [0.25, 0.3) is 17.7 Å². The van der Waals surface area contributed by atoms with Crippen molar-refractivity contribution in [2.75, 3.05) is 5.32 Å². The highest BCUT2D eigenvalue weighted by molar-refractivity contribution is 6.42. The third kappa shape index (κ3) is 3.98. The SMILES string of the molecule is O=C(Nc1ccnn1Cc1cccc(Cl)c1Cl)c1ccc2c(c1)C(=O)N(Cc1ccco1)C2=O. The molecule has 0 saturated carbocycles. The standard InChI is InChI=1S/C24H16Cl2N4O4/c25-19-5-1-3-15(21(19)26)12-30-20(8-9-27-30)28-22(31)14-6-7-17-18(11-14)24(33)29(23(17)32)13-16-4-2-10-34-16/h1-11H,12-13H2,(H,28,31). The average molecular weight is 495 g/mol. The molecule has 0 bridgehead atoms. The summed E-state index contributed by atoms with van der Waals surface area (Å²) >= 11 is 12.4. The van der Waals surface area contributed by atoms with Crippen LogP contribution in [0.25, 0.3) is 0 Å². The topological polar surface area (TPSA) is 97.4 Å². The van der Waals surface area contributed by atoms with E-state index in [2.05, 4.69) is 10.4 Å². The first-order valence-corrected chi connectivity index (χ1v) is 11.0. The molecule has 5 rings (SSSR count). The molecule has 0 aliphatic carbocycles. The van der Waals surface area contributed by atoms with Crippen LogP contribution in [0.15, 0.2) is 71.5 Å². The van der Waals surface area contributed by atoms with Gasteiger partial charge < -0.3 is 9.73 Å². The number of nitrogens with zero attached hydrogens (tertiary/aromatic N) is 3. The minimum absolute atomic E-state index is 0.0200. The predicted octanol–water partition coefficient (Wildman–Crippen LogP) is 4.88. The Morgan fingerprint density at radius 3 is 2.59 bits per heavy atom. The highest BCUT2D eigenvalue weighted by atomic mass is 35.5. The Morgan fingerprint density at radius 2 is 1.79 bits per heavy atom. The monoisotopic (exact) mass is 494 g/mol. The molecule has 1 aliphatic heterocycles. The van der Waals surface area contributed by atoms with E-state index >= 15 is 0 Å². The maximum absolute atomic E-state index is 12.9. The number of imide groups is 1. The number of fused-ring (bicyclic) bond motifs is 1. The molecule has 2 aromatic carbocycles. The maximum atomic E-state index is 12.9. The van der Waals surface area contributed by atoms with E-state index in [1.54, 1.807) is 41.2 Å². The quantitative estimate of drug-likeness (QED) is 0.385. The molecule has 0 saturated heterocycles. The van der Waals surface area contributed by atoms with Gasteiger partial charge in [0.15, 0.2) is 0 Å². The maximum Gasteiger partial charge on any atom is 0.261 e. The second-order valence-electron chi connectivity index (χ2n) is 7.58. The number of rotatable bonds is 6. The molecule has 170 valence electrons. The summed E-state index contributed by atoms with van der Waals surface area (Å²) in [5.74, 6) is -0.443. The van der Waals surface area contributed by atoms with Crippen molar-refractivity contribution < 1.29 is 18.8 Å². The van der Waals surface area contributed by atoms with Gasteiger partial charge in [-0.3, -0.25) is 19.3 Å². The fraction of sp³-hybridized carbons (Fsp3) is 0.0833. The fourth-order valence-corrected chi connectivity index (χ4v) is 4.10. The minimum Gasteiger partial charge on any atom is -0.467 e. The van der Waals surface area contributed by atoms with Crippen LogP contribution in [0.5, 0.6) is 0 Å². The Morgan fingerprint density at radius 1 is 0.971 bits per heavy atom. The zero-order valence-corrected chi connectivity index (χ0v) is 19.0. The molecular weight excluding hydrogens is 479 g/mol. The van der Waals surface area contributed by atoms with Gasteiger partial charge in [0.05, 0.1) is 46.7 Å². The number of carbonyl (C=O) groups is 3. The summed E-state index contributed by atoms with van der Waals surface area (Å²) in [7, 11) is 0. The van der Waals surface area contributed by atoms with Gasteiger partial charge in [0.1, 0.15) is 11.6 Å². The Bertz CT molecular complexity index is 1430. The second kappa shape index (κ2) is 8.81. The van der Waals surface area contributed by atoms with E-state index in [0.717, 1.165) is 10.5 Å². The Kier molecular flexibility index (Phi) is 5.69. The lowest BCUT2D eigenvalue weighted by atomic mass is 10.1. The van der Waals surface area contributed by atoms with E-state index in [9.17, 15) is 14.4 Å². The van der Waals surface area contributed by atoms with Crippen molar-refractivity contribution in [2.24, 2.45) is 0 Å². The van der Waals surface area contributed by atoms with Crippen LogP contribution in [0.1, 0.15) is 42.4 Å². The number of halogens is 2. The van der Waals surface area contributed by atoms with Crippen LogP contribution in [0, 0.1) is 0 Å². The van der Waals surface area contributed by atoms with E-state index in [4.69, 9.17) is 27.6 Å². The van der Waals surface area contributed by atoms with Gasteiger partial charge in [-0.25, -0.2) is 4.68 Å². The lowest BCUT2D eigenvalue weighted by Crippen LogP contribution is -2.28. The third-order valence-corrected chi connectivity index (χ3v) is 6.29. The van der Waals surface area contributed by atoms with Crippen LogP contribution in [-0.2, 0) is 13.1 Å². The first-order chi connectivity index (χ1) is 16.4. The number of nitrogens with one attached hydrogen (secondary N) is 1. The van der Waals surface area contributed by atoms with Crippen molar-refractivity contribution in [3.05, 3.63) is 105 Å². The van der Waals surface area contributed by atoms with Gasteiger partial charge in [-0.05, 0) is 42.0 Å².